The molecule has 1 aromatic rings. The Kier molecular flexibility index (Phi) is 5.83. The first-order chi connectivity index (χ1) is 10.2. The number of hydrogen-bond acceptors (Lipinski definition) is 2. The Labute approximate surface area is 126 Å². The lowest BCUT2D eigenvalue weighted by Gasteiger charge is -2.25. The van der Waals surface area contributed by atoms with Gasteiger partial charge >= 0.3 is 0 Å². The van der Waals surface area contributed by atoms with Crippen molar-refractivity contribution in [2.75, 3.05) is 6.61 Å². The lowest BCUT2D eigenvalue weighted by atomic mass is 9.83. The molecular weight excluding hydrogens is 262 g/mol. The summed E-state index contributed by atoms with van der Waals surface area (Å²) in [7, 11) is 0. The second-order valence-electron chi connectivity index (χ2n) is 5.69. The highest BCUT2D eigenvalue weighted by Crippen LogP contribution is 2.29. The van der Waals surface area contributed by atoms with E-state index in [1.54, 1.807) is 0 Å². The number of amides is 1. The number of rotatable bonds is 5. The summed E-state index contributed by atoms with van der Waals surface area (Å²) in [6, 6.07) is 7.92. The zero-order valence-corrected chi connectivity index (χ0v) is 12.6. The largest absolute Gasteiger partial charge is 0.395 e. The van der Waals surface area contributed by atoms with Crippen LogP contribution < -0.4 is 5.32 Å². The molecule has 1 aromatic carbocycles. The van der Waals surface area contributed by atoms with Crippen molar-refractivity contribution in [1.29, 1.82) is 0 Å². The van der Waals surface area contributed by atoms with Gasteiger partial charge in [0.25, 0.3) is 0 Å². The summed E-state index contributed by atoms with van der Waals surface area (Å²) in [4.78, 5) is 11.9. The molecule has 112 valence electrons. The van der Waals surface area contributed by atoms with Crippen molar-refractivity contribution in [2.45, 2.75) is 45.1 Å². The molecule has 2 rings (SSSR count). The van der Waals surface area contributed by atoms with Gasteiger partial charge in [-0.05, 0) is 43.4 Å². The van der Waals surface area contributed by atoms with Crippen molar-refractivity contribution < 1.29 is 9.90 Å². The Morgan fingerprint density at radius 2 is 2.10 bits per heavy atom. The Balaban J connectivity index is 1.85. The van der Waals surface area contributed by atoms with Gasteiger partial charge < -0.3 is 10.4 Å². The first kappa shape index (κ1) is 15.6. The number of hydrogen-bond donors (Lipinski definition) is 2. The molecule has 0 saturated heterocycles. The van der Waals surface area contributed by atoms with Gasteiger partial charge in [0.1, 0.15) is 0 Å². The minimum atomic E-state index is 0.0250. The Morgan fingerprint density at radius 3 is 2.67 bits per heavy atom. The first-order valence-corrected chi connectivity index (χ1v) is 7.68. The Hall–Kier alpha value is -1.79. The van der Waals surface area contributed by atoms with Gasteiger partial charge in [-0.2, -0.15) is 0 Å². The molecule has 1 unspecified atom stereocenters. The van der Waals surface area contributed by atoms with E-state index in [1.165, 1.54) is 19.3 Å². The lowest BCUT2D eigenvalue weighted by Crippen LogP contribution is -2.29. The molecule has 0 bridgehead atoms. The van der Waals surface area contributed by atoms with Crippen LogP contribution in [0.2, 0.25) is 0 Å². The highest BCUT2D eigenvalue weighted by molar-refractivity contribution is 5.76. The van der Waals surface area contributed by atoms with Gasteiger partial charge in [-0.3, -0.25) is 4.79 Å². The smallest absolute Gasteiger partial charge is 0.220 e. The third-order valence-electron chi connectivity index (χ3n) is 3.96. The number of benzene rings is 1. The third-order valence-corrected chi connectivity index (χ3v) is 3.96. The van der Waals surface area contributed by atoms with Crippen LogP contribution in [0.25, 0.3) is 0 Å². The van der Waals surface area contributed by atoms with Crippen molar-refractivity contribution in [1.82, 2.24) is 5.32 Å². The van der Waals surface area contributed by atoms with E-state index >= 15 is 0 Å². The summed E-state index contributed by atoms with van der Waals surface area (Å²) in [5, 5.41) is 11.7. The van der Waals surface area contributed by atoms with Crippen LogP contribution in [0.5, 0.6) is 0 Å². The van der Waals surface area contributed by atoms with Gasteiger partial charge in [0, 0.05) is 18.4 Å². The van der Waals surface area contributed by atoms with E-state index in [1.807, 2.05) is 31.2 Å². The number of aliphatic hydroxyl groups is 1. The van der Waals surface area contributed by atoms with Gasteiger partial charge in [-0.25, -0.2) is 0 Å². The average molecular weight is 285 g/mol. The molecule has 1 aliphatic carbocycles. The van der Waals surface area contributed by atoms with Gasteiger partial charge in [0.2, 0.25) is 5.91 Å². The van der Waals surface area contributed by atoms with Gasteiger partial charge in [-0.15, -0.1) is 0 Å². The second kappa shape index (κ2) is 7.85. The van der Waals surface area contributed by atoms with E-state index in [4.69, 9.17) is 5.11 Å². The molecule has 0 aliphatic heterocycles. The van der Waals surface area contributed by atoms with Crippen molar-refractivity contribution in [3.05, 3.63) is 35.4 Å². The van der Waals surface area contributed by atoms with Crippen LogP contribution in [0.4, 0.5) is 0 Å². The van der Waals surface area contributed by atoms with Crippen molar-refractivity contribution in [2.24, 2.45) is 5.92 Å². The summed E-state index contributed by atoms with van der Waals surface area (Å²) >= 11 is 0. The third kappa shape index (κ3) is 4.91. The van der Waals surface area contributed by atoms with Crippen molar-refractivity contribution in [3.63, 3.8) is 0 Å². The topological polar surface area (TPSA) is 49.3 Å². The number of carbonyl (C=O) groups is 1. The van der Waals surface area contributed by atoms with Gasteiger partial charge in [-0.1, -0.05) is 30.4 Å². The summed E-state index contributed by atoms with van der Waals surface area (Å²) in [6.45, 7) is 2.10. The molecule has 0 spiro atoms. The fourth-order valence-corrected chi connectivity index (χ4v) is 2.42. The SMILES string of the molecule is CC(NC(=O)CC1CCC1)c1ccc(C#CCCO)cc1. The minimum absolute atomic E-state index is 0.0250. The second-order valence-corrected chi connectivity index (χ2v) is 5.69. The van der Waals surface area contributed by atoms with Crippen LogP contribution in [0.3, 0.4) is 0 Å². The summed E-state index contributed by atoms with van der Waals surface area (Å²) in [6.07, 6.45) is 4.82. The first-order valence-electron chi connectivity index (χ1n) is 7.68. The van der Waals surface area contributed by atoms with E-state index in [2.05, 4.69) is 17.2 Å². The number of aliphatic hydroxyl groups excluding tert-OH is 1. The molecule has 0 aromatic heterocycles. The predicted molar refractivity (Wildman–Crippen MR) is 83.5 cm³/mol. The lowest BCUT2D eigenvalue weighted by molar-refractivity contribution is -0.123. The molecule has 3 heteroatoms. The monoisotopic (exact) mass is 285 g/mol. The van der Waals surface area contributed by atoms with Crippen LogP contribution >= 0.6 is 0 Å². The Bertz CT molecular complexity index is 520. The fraction of sp³-hybridized carbons (Fsp3) is 0.500. The zero-order valence-electron chi connectivity index (χ0n) is 12.6. The highest BCUT2D eigenvalue weighted by Gasteiger charge is 2.21. The fourth-order valence-electron chi connectivity index (χ4n) is 2.42. The molecule has 21 heavy (non-hydrogen) atoms. The summed E-state index contributed by atoms with van der Waals surface area (Å²) < 4.78 is 0. The van der Waals surface area contributed by atoms with Crippen LogP contribution in [-0.2, 0) is 4.79 Å². The maximum Gasteiger partial charge on any atom is 0.220 e. The zero-order chi connectivity index (χ0) is 15.1. The molecule has 1 aliphatic rings. The summed E-state index contributed by atoms with van der Waals surface area (Å²) in [5.41, 5.74) is 2.02. The van der Waals surface area contributed by atoms with Gasteiger partial charge in [0.05, 0.1) is 12.6 Å². The Morgan fingerprint density at radius 1 is 1.38 bits per heavy atom. The molecule has 1 amide bonds. The van der Waals surface area contributed by atoms with E-state index in [-0.39, 0.29) is 18.6 Å². The molecule has 2 N–H and O–H groups in total. The van der Waals surface area contributed by atoms with Crippen LogP contribution in [-0.4, -0.2) is 17.6 Å². The van der Waals surface area contributed by atoms with Crippen molar-refractivity contribution in [3.8, 4) is 11.8 Å². The average Bonchev–Trinajstić information content (AvgIpc) is 2.44. The number of nitrogens with one attached hydrogen (secondary N) is 1. The molecule has 1 saturated carbocycles. The van der Waals surface area contributed by atoms with Crippen LogP contribution in [0.15, 0.2) is 24.3 Å². The molecule has 1 fully saturated rings. The highest BCUT2D eigenvalue weighted by atomic mass is 16.2. The van der Waals surface area contributed by atoms with E-state index in [9.17, 15) is 4.79 Å². The van der Waals surface area contributed by atoms with Gasteiger partial charge in [0.15, 0.2) is 0 Å². The van der Waals surface area contributed by atoms with E-state index in [0.29, 0.717) is 18.8 Å². The standard InChI is InChI=1S/C18H23NO2/c1-14(19-18(21)13-16-6-4-7-16)17-10-8-15(9-11-17)5-2-3-12-20/h8-11,14,16,20H,3-4,6-7,12-13H2,1H3,(H,19,21). The normalized spacial score (nSPS) is 15.5. The van der Waals surface area contributed by atoms with E-state index in [0.717, 1.165) is 11.1 Å². The predicted octanol–water partition coefficient (Wildman–Crippen LogP) is 2.79. The maximum absolute atomic E-state index is 11.9. The molecular formula is C18H23NO2. The quantitative estimate of drug-likeness (QED) is 0.817. The van der Waals surface area contributed by atoms with Crippen LogP contribution in [0.1, 0.15) is 56.2 Å². The summed E-state index contributed by atoms with van der Waals surface area (Å²) in [5.74, 6) is 6.64. The molecule has 0 radical (unpaired) electrons. The maximum atomic E-state index is 11.9. The molecule has 3 nitrogen and oxygen atoms in total. The van der Waals surface area contributed by atoms with Crippen molar-refractivity contribution >= 4 is 5.91 Å². The number of carbonyl (C=O) groups excluding carboxylic acids is 1. The molecule has 1 atom stereocenters. The minimum Gasteiger partial charge on any atom is -0.395 e. The van der Waals surface area contributed by atoms with Crippen LogP contribution in [0, 0.1) is 17.8 Å². The molecule has 0 heterocycles. The van der Waals surface area contributed by atoms with E-state index < -0.39 is 0 Å².